The molecule has 0 spiro atoms. The first-order valence-electron chi connectivity index (χ1n) is 7.03. The van der Waals surface area contributed by atoms with Gasteiger partial charge in [-0.15, -0.1) is 0 Å². The van der Waals surface area contributed by atoms with Gasteiger partial charge in [-0.1, -0.05) is 11.6 Å². The maximum Gasteiger partial charge on any atom is 0.253 e. The average molecular weight is 290 g/mol. The Hall–Kier alpha value is -1.52. The number of carbonyl (C=O) groups is 1. The number of nitrogens with one attached hydrogen (secondary N) is 2. The molecule has 2 fully saturated rings. The van der Waals surface area contributed by atoms with E-state index < -0.39 is 0 Å². The SMILES string of the molecule is O=C(N[C@@H]1C[C@H]2CC[C@@H]1N2)c1ccc2cc(Cl)cn2c1. The van der Waals surface area contributed by atoms with Crippen LogP contribution in [0.3, 0.4) is 0 Å². The molecule has 2 aromatic rings. The van der Waals surface area contributed by atoms with E-state index in [4.69, 9.17) is 11.6 Å². The summed E-state index contributed by atoms with van der Waals surface area (Å²) in [6, 6.07) is 6.96. The first kappa shape index (κ1) is 12.2. The fraction of sp³-hybridized carbons (Fsp3) is 0.400. The monoisotopic (exact) mass is 289 g/mol. The average Bonchev–Trinajstić information content (AvgIpc) is 3.10. The summed E-state index contributed by atoms with van der Waals surface area (Å²) in [7, 11) is 0. The number of amides is 1. The van der Waals surface area contributed by atoms with Crippen molar-refractivity contribution in [3.05, 3.63) is 41.2 Å². The van der Waals surface area contributed by atoms with E-state index in [1.807, 2.05) is 35.0 Å². The lowest BCUT2D eigenvalue weighted by Gasteiger charge is -2.21. The van der Waals surface area contributed by atoms with Gasteiger partial charge in [-0.05, 0) is 37.5 Å². The predicted molar refractivity (Wildman–Crippen MR) is 78.2 cm³/mol. The summed E-state index contributed by atoms with van der Waals surface area (Å²) in [6.07, 6.45) is 7.10. The first-order chi connectivity index (χ1) is 9.69. The molecule has 2 aliphatic heterocycles. The fourth-order valence-electron chi connectivity index (χ4n) is 3.44. The molecule has 0 aromatic carbocycles. The smallest absolute Gasteiger partial charge is 0.253 e. The van der Waals surface area contributed by atoms with Crippen molar-refractivity contribution in [3.63, 3.8) is 0 Å². The number of rotatable bonds is 2. The van der Waals surface area contributed by atoms with E-state index in [-0.39, 0.29) is 11.9 Å². The van der Waals surface area contributed by atoms with Crippen molar-refractivity contribution in [1.82, 2.24) is 15.0 Å². The molecule has 4 nitrogen and oxygen atoms in total. The highest BCUT2D eigenvalue weighted by molar-refractivity contribution is 6.31. The van der Waals surface area contributed by atoms with Gasteiger partial charge in [-0.2, -0.15) is 0 Å². The zero-order valence-corrected chi connectivity index (χ0v) is 11.7. The Bertz CT molecular complexity index is 681. The lowest BCUT2D eigenvalue weighted by Crippen LogP contribution is -2.42. The largest absolute Gasteiger partial charge is 0.348 e. The summed E-state index contributed by atoms with van der Waals surface area (Å²) in [6.45, 7) is 0. The molecule has 104 valence electrons. The molecule has 2 N–H and O–H groups in total. The maximum atomic E-state index is 12.3. The molecule has 2 aliphatic rings. The van der Waals surface area contributed by atoms with Gasteiger partial charge in [0.15, 0.2) is 0 Å². The number of fused-ring (bicyclic) bond motifs is 3. The van der Waals surface area contributed by atoms with Crippen LogP contribution >= 0.6 is 11.6 Å². The third-order valence-electron chi connectivity index (χ3n) is 4.44. The Morgan fingerprint density at radius 3 is 3.00 bits per heavy atom. The van der Waals surface area contributed by atoms with Crippen molar-refractivity contribution in [2.45, 2.75) is 37.4 Å². The van der Waals surface area contributed by atoms with E-state index in [0.717, 1.165) is 11.9 Å². The molecule has 0 radical (unpaired) electrons. The molecule has 20 heavy (non-hydrogen) atoms. The van der Waals surface area contributed by atoms with E-state index >= 15 is 0 Å². The lowest BCUT2D eigenvalue weighted by atomic mass is 9.95. The zero-order valence-electron chi connectivity index (χ0n) is 11.0. The van der Waals surface area contributed by atoms with Crippen LogP contribution in [0.5, 0.6) is 0 Å². The van der Waals surface area contributed by atoms with Crippen molar-refractivity contribution in [2.24, 2.45) is 0 Å². The predicted octanol–water partition coefficient (Wildman–Crippen LogP) is 2.22. The van der Waals surface area contributed by atoms with Gasteiger partial charge >= 0.3 is 0 Å². The number of pyridine rings is 1. The minimum atomic E-state index is -0.00364. The van der Waals surface area contributed by atoms with Gasteiger partial charge in [0.2, 0.25) is 0 Å². The highest BCUT2D eigenvalue weighted by Crippen LogP contribution is 2.28. The summed E-state index contributed by atoms with van der Waals surface area (Å²) in [5.41, 5.74) is 1.67. The Kier molecular flexibility index (Phi) is 2.75. The highest BCUT2D eigenvalue weighted by atomic mass is 35.5. The van der Waals surface area contributed by atoms with E-state index in [9.17, 15) is 4.79 Å². The van der Waals surface area contributed by atoms with Crippen LogP contribution in [-0.2, 0) is 0 Å². The van der Waals surface area contributed by atoms with Crippen molar-refractivity contribution >= 4 is 23.0 Å². The minimum Gasteiger partial charge on any atom is -0.348 e. The normalized spacial score (nSPS) is 28.1. The van der Waals surface area contributed by atoms with Crippen molar-refractivity contribution in [1.29, 1.82) is 0 Å². The Labute approximate surface area is 122 Å². The summed E-state index contributed by atoms with van der Waals surface area (Å²) in [5, 5.41) is 7.36. The van der Waals surface area contributed by atoms with Crippen LogP contribution in [0.4, 0.5) is 0 Å². The van der Waals surface area contributed by atoms with Crippen molar-refractivity contribution in [3.8, 4) is 0 Å². The minimum absolute atomic E-state index is 0.00364. The number of nitrogens with zero attached hydrogens (tertiary/aromatic N) is 1. The molecule has 5 heteroatoms. The van der Waals surface area contributed by atoms with Crippen molar-refractivity contribution < 1.29 is 4.79 Å². The summed E-state index contributed by atoms with van der Waals surface area (Å²) in [5.74, 6) is -0.00364. The molecule has 2 bridgehead atoms. The molecule has 2 aromatic heterocycles. The van der Waals surface area contributed by atoms with Crippen molar-refractivity contribution in [2.75, 3.05) is 0 Å². The summed E-state index contributed by atoms with van der Waals surface area (Å²) in [4.78, 5) is 12.3. The van der Waals surface area contributed by atoms with Crippen LogP contribution in [-0.4, -0.2) is 28.4 Å². The van der Waals surface area contributed by atoms with Crippen LogP contribution in [0.2, 0.25) is 5.02 Å². The van der Waals surface area contributed by atoms with Gasteiger partial charge in [0.25, 0.3) is 5.91 Å². The van der Waals surface area contributed by atoms with Gasteiger partial charge in [0.1, 0.15) is 0 Å². The second-order valence-corrected chi connectivity index (χ2v) is 6.21. The summed E-state index contributed by atoms with van der Waals surface area (Å²) >= 11 is 5.97. The van der Waals surface area contributed by atoms with Gasteiger partial charge in [-0.25, -0.2) is 0 Å². The number of aromatic nitrogens is 1. The lowest BCUT2D eigenvalue weighted by molar-refractivity contribution is 0.0930. The molecule has 0 aliphatic carbocycles. The molecule has 4 rings (SSSR count). The van der Waals surface area contributed by atoms with Crippen LogP contribution in [0.25, 0.3) is 5.52 Å². The molecule has 1 amide bonds. The van der Waals surface area contributed by atoms with Crippen LogP contribution in [0.1, 0.15) is 29.6 Å². The molecule has 0 unspecified atom stereocenters. The van der Waals surface area contributed by atoms with Gasteiger partial charge in [0.05, 0.1) is 10.6 Å². The second-order valence-electron chi connectivity index (χ2n) is 5.77. The zero-order chi connectivity index (χ0) is 13.7. The van der Waals surface area contributed by atoms with E-state index in [0.29, 0.717) is 22.7 Å². The Morgan fingerprint density at radius 1 is 1.35 bits per heavy atom. The Balaban J connectivity index is 1.54. The molecule has 4 heterocycles. The molecule has 0 saturated carbocycles. The first-order valence-corrected chi connectivity index (χ1v) is 7.41. The van der Waals surface area contributed by atoms with E-state index in [2.05, 4.69) is 10.6 Å². The number of halogens is 1. The highest BCUT2D eigenvalue weighted by Gasteiger charge is 2.39. The standard InChI is InChI=1S/C15H16ClN3O/c16-10-5-12-3-1-9(7-19(12)8-10)15(20)18-14-6-11-2-4-13(14)17-11/h1,3,5,7-8,11,13-14,17H,2,4,6H2,(H,18,20)/t11-,13+,14-/m1/s1. The Morgan fingerprint density at radius 2 is 2.25 bits per heavy atom. The van der Waals surface area contributed by atoms with Gasteiger partial charge in [-0.3, -0.25) is 4.79 Å². The molecule has 2 saturated heterocycles. The maximum absolute atomic E-state index is 12.3. The molecular weight excluding hydrogens is 274 g/mol. The quantitative estimate of drug-likeness (QED) is 0.890. The molecular formula is C15H16ClN3O. The second kappa shape index (κ2) is 4.50. The van der Waals surface area contributed by atoms with E-state index in [1.165, 1.54) is 12.8 Å². The van der Waals surface area contributed by atoms with Crippen LogP contribution < -0.4 is 10.6 Å². The third-order valence-corrected chi connectivity index (χ3v) is 4.64. The number of carbonyl (C=O) groups excluding carboxylic acids is 1. The third kappa shape index (κ3) is 2.00. The topological polar surface area (TPSA) is 45.5 Å². The summed E-state index contributed by atoms with van der Waals surface area (Å²) < 4.78 is 1.89. The number of hydrogen-bond acceptors (Lipinski definition) is 2. The van der Waals surface area contributed by atoms with Crippen LogP contribution in [0, 0.1) is 0 Å². The van der Waals surface area contributed by atoms with Crippen LogP contribution in [0.15, 0.2) is 30.6 Å². The fourth-order valence-corrected chi connectivity index (χ4v) is 3.66. The van der Waals surface area contributed by atoms with E-state index in [1.54, 1.807) is 0 Å². The van der Waals surface area contributed by atoms with Gasteiger partial charge < -0.3 is 15.0 Å². The van der Waals surface area contributed by atoms with Gasteiger partial charge in [0, 0.05) is 36.0 Å². The molecule has 3 atom stereocenters. The number of hydrogen-bond donors (Lipinski definition) is 2.